The Bertz CT molecular complexity index is 1950. The third-order valence-electron chi connectivity index (χ3n) is 8.86. The number of esters is 1. The lowest BCUT2D eigenvalue weighted by Crippen LogP contribution is -2.26. The van der Waals surface area contributed by atoms with Crippen LogP contribution in [0.1, 0.15) is 50.2 Å². The molecule has 0 N–H and O–H groups in total. The predicted octanol–water partition coefficient (Wildman–Crippen LogP) is 9.72. The van der Waals surface area contributed by atoms with Crippen LogP contribution in [0.5, 0.6) is 23.0 Å². The van der Waals surface area contributed by atoms with Crippen LogP contribution < -0.4 is 18.9 Å². The molecule has 0 aromatic heterocycles. The average molecular weight is 677 g/mol. The fourth-order valence-corrected chi connectivity index (χ4v) is 6.18. The van der Waals surface area contributed by atoms with Gasteiger partial charge in [-0.2, -0.15) is 0 Å². The first kappa shape index (κ1) is 33.5. The fourth-order valence-electron chi connectivity index (χ4n) is 6.18. The van der Waals surface area contributed by atoms with Gasteiger partial charge in [-0.05, 0) is 64.4 Å². The molecule has 0 saturated carbocycles. The van der Waals surface area contributed by atoms with Crippen LogP contribution >= 0.6 is 0 Å². The summed E-state index contributed by atoms with van der Waals surface area (Å²) in [5.41, 5.74) is 6.72. The Morgan fingerprint density at radius 1 is 0.510 bits per heavy atom. The van der Waals surface area contributed by atoms with E-state index in [1.807, 2.05) is 121 Å². The van der Waals surface area contributed by atoms with E-state index in [9.17, 15) is 4.79 Å². The van der Waals surface area contributed by atoms with Crippen LogP contribution in [0.25, 0.3) is 0 Å². The van der Waals surface area contributed by atoms with Crippen LogP contribution in [0, 0.1) is 0 Å². The maximum absolute atomic E-state index is 13.9. The summed E-state index contributed by atoms with van der Waals surface area (Å²) in [6.45, 7) is 1.37. The lowest BCUT2D eigenvalue weighted by atomic mass is 9.89. The van der Waals surface area contributed by atoms with Crippen LogP contribution in [0.15, 0.2) is 152 Å². The molecule has 6 nitrogen and oxygen atoms in total. The van der Waals surface area contributed by atoms with E-state index in [1.54, 1.807) is 12.1 Å². The number of carbonyl (C=O) groups is 1. The molecule has 0 spiro atoms. The second-order valence-corrected chi connectivity index (χ2v) is 12.6. The van der Waals surface area contributed by atoms with Gasteiger partial charge < -0.3 is 23.7 Å². The molecule has 1 unspecified atom stereocenters. The largest absolute Gasteiger partial charge is 0.489 e. The van der Waals surface area contributed by atoms with E-state index >= 15 is 0 Å². The van der Waals surface area contributed by atoms with Crippen molar-refractivity contribution in [2.24, 2.45) is 0 Å². The number of carbonyl (C=O) groups excluding carboxylic acids is 1. The average Bonchev–Trinajstić information content (AvgIpc) is 3.19. The van der Waals surface area contributed by atoms with Gasteiger partial charge in [-0.1, -0.05) is 133 Å². The van der Waals surface area contributed by atoms with Crippen molar-refractivity contribution in [3.63, 3.8) is 0 Å². The summed E-state index contributed by atoms with van der Waals surface area (Å²) < 4.78 is 31.5. The Hall–Kier alpha value is -6.01. The number of hydrogen-bond donors (Lipinski definition) is 0. The Labute approximate surface area is 299 Å². The van der Waals surface area contributed by atoms with Gasteiger partial charge >= 0.3 is 5.97 Å². The molecule has 256 valence electrons. The normalized spacial score (nSPS) is 13.5. The minimum absolute atomic E-state index is 0.285. The quantitative estimate of drug-likeness (QED) is 0.107. The molecule has 0 aliphatic heterocycles. The van der Waals surface area contributed by atoms with Gasteiger partial charge in [-0.25, -0.2) is 4.79 Å². The van der Waals surface area contributed by atoms with Crippen LogP contribution in [-0.4, -0.2) is 12.1 Å². The van der Waals surface area contributed by atoms with Gasteiger partial charge in [0.1, 0.15) is 38.3 Å². The first-order valence-electron chi connectivity index (χ1n) is 17.3. The first-order chi connectivity index (χ1) is 25.2. The SMILES string of the molecule is O=C(OC1CCc2c(cccc2OCc2ccccc2)C1)c1cc(OCc2ccccc2)c(OCc2ccccc2)c(OCc2ccccc2)c1. The van der Waals surface area contributed by atoms with Crippen LogP contribution in [0.4, 0.5) is 0 Å². The van der Waals surface area contributed by atoms with Crippen molar-refractivity contribution in [2.75, 3.05) is 0 Å². The minimum Gasteiger partial charge on any atom is -0.489 e. The van der Waals surface area contributed by atoms with E-state index in [0.29, 0.717) is 48.9 Å². The highest BCUT2D eigenvalue weighted by Gasteiger charge is 2.27. The predicted molar refractivity (Wildman–Crippen MR) is 197 cm³/mol. The zero-order chi connectivity index (χ0) is 34.7. The van der Waals surface area contributed by atoms with Crippen molar-refractivity contribution in [1.29, 1.82) is 0 Å². The van der Waals surface area contributed by atoms with Gasteiger partial charge in [0.2, 0.25) is 5.75 Å². The number of fused-ring (bicyclic) bond motifs is 1. The molecule has 1 atom stereocenters. The Balaban J connectivity index is 1.13. The molecule has 1 aliphatic carbocycles. The number of benzene rings is 6. The van der Waals surface area contributed by atoms with Gasteiger partial charge in [-0.3, -0.25) is 0 Å². The van der Waals surface area contributed by atoms with E-state index in [1.165, 1.54) is 5.56 Å². The lowest BCUT2D eigenvalue weighted by Gasteiger charge is -2.26. The molecule has 6 aromatic carbocycles. The van der Waals surface area contributed by atoms with Gasteiger partial charge in [0.15, 0.2) is 11.5 Å². The van der Waals surface area contributed by atoms with E-state index < -0.39 is 5.97 Å². The van der Waals surface area contributed by atoms with Crippen molar-refractivity contribution < 1.29 is 28.5 Å². The summed E-state index contributed by atoms with van der Waals surface area (Å²) in [4.78, 5) is 13.9. The zero-order valence-corrected chi connectivity index (χ0v) is 28.4. The maximum atomic E-state index is 13.9. The smallest absolute Gasteiger partial charge is 0.338 e. The van der Waals surface area contributed by atoms with Crippen molar-refractivity contribution in [1.82, 2.24) is 0 Å². The van der Waals surface area contributed by atoms with Crippen molar-refractivity contribution in [3.05, 3.63) is 191 Å². The second-order valence-electron chi connectivity index (χ2n) is 12.6. The van der Waals surface area contributed by atoms with E-state index in [2.05, 4.69) is 18.2 Å². The highest BCUT2D eigenvalue weighted by molar-refractivity contribution is 5.91. The summed E-state index contributed by atoms with van der Waals surface area (Å²) in [7, 11) is 0. The standard InChI is InChI=1S/C45H40O6/c46-45(51-39-24-25-40-37(26-39)22-13-23-41(40)47-29-33-14-5-1-6-15-33)38-27-42(48-30-34-16-7-2-8-17-34)44(50-32-36-20-11-4-12-21-36)43(28-38)49-31-35-18-9-3-10-19-35/h1-23,27-28,39H,24-26,29-32H2. The van der Waals surface area contributed by atoms with E-state index in [4.69, 9.17) is 23.7 Å². The molecule has 0 radical (unpaired) electrons. The number of rotatable bonds is 14. The molecule has 0 fully saturated rings. The lowest BCUT2D eigenvalue weighted by molar-refractivity contribution is 0.0269. The summed E-state index contributed by atoms with van der Waals surface area (Å²) in [6, 6.07) is 49.4. The van der Waals surface area contributed by atoms with Crippen LogP contribution in [0.2, 0.25) is 0 Å². The summed E-state index contributed by atoms with van der Waals surface area (Å²) in [6.07, 6.45) is 1.76. The molecule has 0 heterocycles. The molecule has 6 aromatic rings. The molecule has 51 heavy (non-hydrogen) atoms. The Morgan fingerprint density at radius 2 is 0.961 bits per heavy atom. The molecular weight excluding hydrogens is 636 g/mol. The van der Waals surface area contributed by atoms with Gasteiger partial charge in [0, 0.05) is 6.42 Å². The topological polar surface area (TPSA) is 63.2 Å². The molecule has 7 rings (SSSR count). The molecule has 0 saturated heterocycles. The van der Waals surface area contributed by atoms with Gasteiger partial charge in [-0.15, -0.1) is 0 Å². The zero-order valence-electron chi connectivity index (χ0n) is 28.4. The third-order valence-corrected chi connectivity index (χ3v) is 8.86. The molecule has 6 heteroatoms. The monoisotopic (exact) mass is 676 g/mol. The fraction of sp³-hybridized carbons (Fsp3) is 0.178. The first-order valence-corrected chi connectivity index (χ1v) is 17.3. The maximum Gasteiger partial charge on any atom is 0.338 e. The Kier molecular flexibility index (Phi) is 10.9. The van der Waals surface area contributed by atoms with Crippen molar-refractivity contribution in [2.45, 2.75) is 51.8 Å². The highest BCUT2D eigenvalue weighted by Crippen LogP contribution is 2.41. The van der Waals surface area contributed by atoms with Crippen molar-refractivity contribution >= 4 is 5.97 Å². The van der Waals surface area contributed by atoms with Crippen LogP contribution in [-0.2, 0) is 44.0 Å². The molecule has 0 bridgehead atoms. The summed E-state index contributed by atoms with van der Waals surface area (Å²) in [5.74, 6) is 1.68. The second kappa shape index (κ2) is 16.6. The summed E-state index contributed by atoms with van der Waals surface area (Å²) in [5, 5.41) is 0. The molecular formula is C45H40O6. The van der Waals surface area contributed by atoms with Gasteiger partial charge in [0.05, 0.1) is 5.56 Å². The minimum atomic E-state index is -0.441. The van der Waals surface area contributed by atoms with E-state index in [0.717, 1.165) is 40.0 Å². The van der Waals surface area contributed by atoms with Crippen LogP contribution in [0.3, 0.4) is 0 Å². The number of ether oxygens (including phenoxy) is 5. The molecule has 1 aliphatic rings. The highest BCUT2D eigenvalue weighted by atomic mass is 16.6. The van der Waals surface area contributed by atoms with Crippen molar-refractivity contribution in [3.8, 4) is 23.0 Å². The van der Waals surface area contributed by atoms with E-state index in [-0.39, 0.29) is 19.3 Å². The number of hydrogen-bond acceptors (Lipinski definition) is 6. The summed E-state index contributed by atoms with van der Waals surface area (Å²) >= 11 is 0. The Morgan fingerprint density at radius 3 is 1.45 bits per heavy atom. The van der Waals surface area contributed by atoms with Gasteiger partial charge in [0.25, 0.3) is 0 Å². The molecule has 0 amide bonds. The third kappa shape index (κ3) is 8.97.